The largest absolute Gasteiger partial charge is 0.308 e. The molecule has 0 atom stereocenters. The van der Waals surface area contributed by atoms with Crippen molar-refractivity contribution < 1.29 is 8.78 Å². The van der Waals surface area contributed by atoms with E-state index in [1.807, 2.05) is 41.5 Å². The molecule has 1 nitrogen and oxygen atoms in total. The molecule has 1 N–H and O–H groups in total. The first kappa shape index (κ1) is 16.4. The number of halogens is 2. The number of thioether (sulfide) groups is 1. The van der Waals surface area contributed by atoms with Gasteiger partial charge >= 0.3 is 0 Å². The van der Waals surface area contributed by atoms with Gasteiger partial charge in [0.25, 0.3) is 0 Å². The monoisotopic (exact) mass is 287 g/mol. The van der Waals surface area contributed by atoms with Crippen LogP contribution in [0.4, 0.5) is 8.78 Å². The second-order valence-corrected chi connectivity index (χ2v) is 8.54. The molecule has 1 aromatic rings. The first-order chi connectivity index (χ1) is 8.48. The van der Waals surface area contributed by atoms with Crippen molar-refractivity contribution in [2.24, 2.45) is 0 Å². The van der Waals surface area contributed by atoms with Gasteiger partial charge in [0.05, 0.1) is 4.90 Å². The minimum absolute atomic E-state index is 0.0776. The SMILES string of the molecule is CC(C)(C)NCc1cc(F)c(SC(C)(C)C)c(F)c1. The zero-order valence-corrected chi connectivity index (χ0v) is 13.3. The fourth-order valence-electron chi connectivity index (χ4n) is 1.49. The van der Waals surface area contributed by atoms with Gasteiger partial charge in [-0.1, -0.05) is 20.8 Å². The third-order valence-electron chi connectivity index (χ3n) is 2.29. The van der Waals surface area contributed by atoms with E-state index in [9.17, 15) is 8.78 Å². The normalized spacial score (nSPS) is 12.8. The first-order valence-corrected chi connectivity index (χ1v) is 7.21. The molecule has 108 valence electrons. The number of benzene rings is 1. The van der Waals surface area contributed by atoms with Gasteiger partial charge in [-0.15, -0.1) is 11.8 Å². The van der Waals surface area contributed by atoms with E-state index in [0.29, 0.717) is 12.1 Å². The minimum atomic E-state index is -0.481. The van der Waals surface area contributed by atoms with Crippen LogP contribution < -0.4 is 5.32 Å². The fraction of sp³-hybridized carbons (Fsp3) is 0.600. The number of rotatable bonds is 3. The molecule has 4 heteroatoms. The van der Waals surface area contributed by atoms with Crippen molar-refractivity contribution in [3.05, 3.63) is 29.3 Å². The van der Waals surface area contributed by atoms with E-state index in [2.05, 4.69) is 5.32 Å². The number of nitrogens with one attached hydrogen (secondary N) is 1. The zero-order valence-electron chi connectivity index (χ0n) is 12.5. The quantitative estimate of drug-likeness (QED) is 0.806. The Labute approximate surface area is 119 Å². The molecule has 1 aromatic carbocycles. The lowest BCUT2D eigenvalue weighted by Crippen LogP contribution is -2.35. The minimum Gasteiger partial charge on any atom is -0.308 e. The van der Waals surface area contributed by atoms with E-state index in [-0.39, 0.29) is 15.2 Å². The Kier molecular flexibility index (Phi) is 5.02. The average molecular weight is 287 g/mol. The summed E-state index contributed by atoms with van der Waals surface area (Å²) in [5, 5.41) is 3.22. The zero-order chi connectivity index (χ0) is 14.8. The molecule has 0 aliphatic rings. The lowest BCUT2D eigenvalue weighted by atomic mass is 10.1. The molecule has 0 aromatic heterocycles. The van der Waals surface area contributed by atoms with E-state index >= 15 is 0 Å². The van der Waals surface area contributed by atoms with Gasteiger partial charge in [-0.05, 0) is 38.5 Å². The third kappa shape index (κ3) is 5.91. The van der Waals surface area contributed by atoms with Crippen molar-refractivity contribution >= 4 is 11.8 Å². The molecule has 0 aliphatic carbocycles. The predicted molar refractivity (Wildman–Crippen MR) is 78.6 cm³/mol. The Bertz CT molecular complexity index is 421. The van der Waals surface area contributed by atoms with Crippen LogP contribution in [0, 0.1) is 11.6 Å². The fourth-order valence-corrected chi connectivity index (χ4v) is 2.41. The van der Waals surface area contributed by atoms with E-state index in [4.69, 9.17) is 0 Å². The van der Waals surface area contributed by atoms with E-state index < -0.39 is 11.6 Å². The molecule has 0 unspecified atom stereocenters. The van der Waals surface area contributed by atoms with Crippen molar-refractivity contribution in [3.8, 4) is 0 Å². The van der Waals surface area contributed by atoms with Crippen LogP contribution in [-0.4, -0.2) is 10.3 Å². The van der Waals surface area contributed by atoms with Crippen molar-refractivity contribution in [2.75, 3.05) is 0 Å². The second kappa shape index (κ2) is 5.80. The van der Waals surface area contributed by atoms with Crippen LogP contribution >= 0.6 is 11.8 Å². The van der Waals surface area contributed by atoms with Crippen molar-refractivity contribution in [1.82, 2.24) is 5.32 Å². The highest BCUT2D eigenvalue weighted by Gasteiger charge is 2.20. The van der Waals surface area contributed by atoms with Crippen molar-refractivity contribution in [2.45, 2.75) is 63.3 Å². The summed E-state index contributed by atoms with van der Waals surface area (Å²) >= 11 is 1.22. The molecule has 0 fully saturated rings. The molecule has 0 aliphatic heterocycles. The van der Waals surface area contributed by atoms with Crippen LogP contribution in [0.15, 0.2) is 17.0 Å². The van der Waals surface area contributed by atoms with Gasteiger partial charge in [-0.3, -0.25) is 0 Å². The van der Waals surface area contributed by atoms with Gasteiger partial charge in [-0.2, -0.15) is 0 Å². The van der Waals surface area contributed by atoms with Crippen LogP contribution in [0.3, 0.4) is 0 Å². The first-order valence-electron chi connectivity index (χ1n) is 6.40. The van der Waals surface area contributed by atoms with Crippen LogP contribution in [0.1, 0.15) is 47.1 Å². The molecule has 0 saturated heterocycles. The smallest absolute Gasteiger partial charge is 0.140 e. The summed E-state index contributed by atoms with van der Waals surface area (Å²) in [5.41, 5.74) is 0.550. The highest BCUT2D eigenvalue weighted by Crippen LogP contribution is 2.35. The van der Waals surface area contributed by atoms with Crippen molar-refractivity contribution in [1.29, 1.82) is 0 Å². The molecule has 0 bridgehead atoms. The highest BCUT2D eigenvalue weighted by molar-refractivity contribution is 8.00. The molecule has 0 spiro atoms. The maximum atomic E-state index is 14.0. The van der Waals surface area contributed by atoms with Gasteiger partial charge in [-0.25, -0.2) is 8.78 Å². The van der Waals surface area contributed by atoms with E-state index in [1.165, 1.54) is 23.9 Å². The molecule has 0 saturated carbocycles. The van der Waals surface area contributed by atoms with Gasteiger partial charge in [0.1, 0.15) is 11.6 Å². The van der Waals surface area contributed by atoms with Crippen LogP contribution in [-0.2, 0) is 6.54 Å². The average Bonchev–Trinajstić information content (AvgIpc) is 2.18. The van der Waals surface area contributed by atoms with Gasteiger partial charge in [0.15, 0.2) is 0 Å². The molecule has 19 heavy (non-hydrogen) atoms. The Hall–Kier alpha value is -0.610. The topological polar surface area (TPSA) is 12.0 Å². The van der Waals surface area contributed by atoms with Crippen LogP contribution in [0.25, 0.3) is 0 Å². The molecule has 1 rings (SSSR count). The highest BCUT2D eigenvalue weighted by atomic mass is 32.2. The lowest BCUT2D eigenvalue weighted by Gasteiger charge is -2.21. The Balaban J connectivity index is 2.91. The number of hydrogen-bond donors (Lipinski definition) is 1. The summed E-state index contributed by atoms with van der Waals surface area (Å²) < 4.78 is 27.7. The van der Waals surface area contributed by atoms with Gasteiger partial charge in [0, 0.05) is 16.8 Å². The summed E-state index contributed by atoms with van der Waals surface area (Å²) in [6.45, 7) is 12.3. The van der Waals surface area contributed by atoms with E-state index in [0.717, 1.165) is 0 Å². The molecule has 0 heterocycles. The summed E-state index contributed by atoms with van der Waals surface area (Å²) in [6, 6.07) is 2.83. The maximum Gasteiger partial charge on any atom is 0.140 e. The third-order valence-corrected chi connectivity index (χ3v) is 3.50. The summed E-state index contributed by atoms with van der Waals surface area (Å²) in [4.78, 5) is 0.104. The molecule has 0 amide bonds. The lowest BCUT2D eigenvalue weighted by molar-refractivity contribution is 0.422. The number of hydrogen-bond acceptors (Lipinski definition) is 2. The molecular weight excluding hydrogens is 264 g/mol. The second-order valence-electron chi connectivity index (χ2n) is 6.71. The van der Waals surface area contributed by atoms with Gasteiger partial charge < -0.3 is 5.32 Å². The molecular formula is C15H23F2NS. The summed E-state index contributed by atoms with van der Waals surface area (Å²) in [7, 11) is 0. The van der Waals surface area contributed by atoms with Crippen LogP contribution in [0.5, 0.6) is 0 Å². The van der Waals surface area contributed by atoms with E-state index in [1.54, 1.807) is 0 Å². The molecule has 0 radical (unpaired) electrons. The Morgan fingerprint density at radius 2 is 1.47 bits per heavy atom. The Morgan fingerprint density at radius 1 is 1.00 bits per heavy atom. The van der Waals surface area contributed by atoms with Crippen LogP contribution in [0.2, 0.25) is 0 Å². The van der Waals surface area contributed by atoms with Crippen molar-refractivity contribution in [3.63, 3.8) is 0 Å². The summed E-state index contributed by atoms with van der Waals surface area (Å²) in [5.74, 6) is -0.962. The predicted octanol–water partition coefficient (Wildman–Crippen LogP) is 4.74. The van der Waals surface area contributed by atoms with Gasteiger partial charge in [0.2, 0.25) is 0 Å². The summed E-state index contributed by atoms with van der Waals surface area (Å²) in [6.07, 6.45) is 0. The maximum absolute atomic E-state index is 14.0. The standard InChI is InChI=1S/C15H23F2NS/c1-14(2,3)18-9-10-7-11(16)13(12(17)8-10)19-15(4,5)6/h7-8,18H,9H2,1-6H3. The Morgan fingerprint density at radius 3 is 1.84 bits per heavy atom.